The lowest BCUT2D eigenvalue weighted by molar-refractivity contribution is 0.305. The van der Waals surface area contributed by atoms with Crippen LogP contribution in [0.1, 0.15) is 36.6 Å². The van der Waals surface area contributed by atoms with Gasteiger partial charge in [-0.3, -0.25) is 0 Å². The summed E-state index contributed by atoms with van der Waals surface area (Å²) in [6.45, 7) is 7.99. The standard InChI is InChI=1S/C18H23NO/c1-4-19-15(3)16-10-7-11-18(12-16)20-13-17-9-6-5-8-14(17)2/h5-12,15,19H,4,13H2,1-3H3. The van der Waals surface area contributed by atoms with Gasteiger partial charge in [-0.05, 0) is 49.2 Å². The number of hydrogen-bond acceptors (Lipinski definition) is 2. The zero-order valence-corrected chi connectivity index (χ0v) is 12.5. The van der Waals surface area contributed by atoms with Gasteiger partial charge in [-0.2, -0.15) is 0 Å². The molecule has 106 valence electrons. The van der Waals surface area contributed by atoms with Crippen LogP contribution in [0.15, 0.2) is 48.5 Å². The minimum Gasteiger partial charge on any atom is -0.489 e. The highest BCUT2D eigenvalue weighted by Gasteiger charge is 2.05. The first-order valence-corrected chi connectivity index (χ1v) is 7.21. The van der Waals surface area contributed by atoms with Crippen molar-refractivity contribution in [3.63, 3.8) is 0 Å². The molecule has 0 aromatic heterocycles. The quantitative estimate of drug-likeness (QED) is 0.846. The number of benzene rings is 2. The predicted octanol–water partition coefficient (Wildman–Crippen LogP) is 4.24. The molecule has 0 spiro atoms. The van der Waals surface area contributed by atoms with Crippen LogP contribution in [0.2, 0.25) is 0 Å². The third-order valence-electron chi connectivity index (χ3n) is 3.52. The Morgan fingerprint density at radius 3 is 2.65 bits per heavy atom. The maximum atomic E-state index is 5.91. The summed E-state index contributed by atoms with van der Waals surface area (Å²) in [5.74, 6) is 0.926. The van der Waals surface area contributed by atoms with Crippen molar-refractivity contribution in [3.8, 4) is 5.75 Å². The van der Waals surface area contributed by atoms with E-state index in [0.717, 1.165) is 12.3 Å². The van der Waals surface area contributed by atoms with E-state index in [-0.39, 0.29) is 0 Å². The van der Waals surface area contributed by atoms with E-state index in [4.69, 9.17) is 4.74 Å². The molecule has 1 atom stereocenters. The molecule has 2 rings (SSSR count). The molecule has 2 nitrogen and oxygen atoms in total. The lowest BCUT2D eigenvalue weighted by Gasteiger charge is -2.14. The Kier molecular flexibility index (Phi) is 5.19. The molecule has 20 heavy (non-hydrogen) atoms. The molecule has 0 fully saturated rings. The third-order valence-corrected chi connectivity index (χ3v) is 3.52. The molecule has 1 N–H and O–H groups in total. The first kappa shape index (κ1) is 14.6. The Balaban J connectivity index is 2.03. The van der Waals surface area contributed by atoms with Gasteiger partial charge in [0.1, 0.15) is 12.4 Å². The molecule has 0 amide bonds. The smallest absolute Gasteiger partial charge is 0.120 e. The average Bonchev–Trinajstić information content (AvgIpc) is 2.47. The molecule has 0 heterocycles. The summed E-state index contributed by atoms with van der Waals surface area (Å²) in [5.41, 5.74) is 3.76. The van der Waals surface area contributed by atoms with Crippen molar-refractivity contribution in [1.29, 1.82) is 0 Å². The topological polar surface area (TPSA) is 21.3 Å². The van der Waals surface area contributed by atoms with E-state index in [0.29, 0.717) is 12.6 Å². The minimum absolute atomic E-state index is 0.349. The largest absolute Gasteiger partial charge is 0.489 e. The van der Waals surface area contributed by atoms with Crippen LogP contribution in [0.5, 0.6) is 5.75 Å². The lowest BCUT2D eigenvalue weighted by atomic mass is 10.1. The summed E-state index contributed by atoms with van der Waals surface area (Å²) in [4.78, 5) is 0. The number of rotatable bonds is 6. The first-order chi connectivity index (χ1) is 9.70. The monoisotopic (exact) mass is 269 g/mol. The Bertz CT molecular complexity index is 551. The Morgan fingerprint density at radius 1 is 1.10 bits per heavy atom. The fraction of sp³-hybridized carbons (Fsp3) is 0.333. The van der Waals surface area contributed by atoms with Gasteiger partial charge in [0.25, 0.3) is 0 Å². The van der Waals surface area contributed by atoms with Crippen LogP contribution in [0.3, 0.4) is 0 Å². The van der Waals surface area contributed by atoms with E-state index < -0.39 is 0 Å². The minimum atomic E-state index is 0.349. The second-order valence-electron chi connectivity index (χ2n) is 5.07. The van der Waals surface area contributed by atoms with E-state index in [9.17, 15) is 0 Å². The number of hydrogen-bond donors (Lipinski definition) is 1. The Hall–Kier alpha value is -1.80. The van der Waals surface area contributed by atoms with Crippen molar-refractivity contribution >= 4 is 0 Å². The fourth-order valence-electron chi connectivity index (χ4n) is 2.23. The summed E-state index contributed by atoms with van der Waals surface area (Å²) < 4.78 is 5.91. The van der Waals surface area contributed by atoms with Gasteiger partial charge in [-0.15, -0.1) is 0 Å². The van der Waals surface area contributed by atoms with Crippen molar-refractivity contribution in [3.05, 3.63) is 65.2 Å². The number of aryl methyl sites for hydroxylation is 1. The van der Waals surface area contributed by atoms with Gasteiger partial charge in [-0.1, -0.05) is 43.3 Å². The van der Waals surface area contributed by atoms with Gasteiger partial charge in [0.05, 0.1) is 0 Å². The van der Waals surface area contributed by atoms with Crippen molar-refractivity contribution < 1.29 is 4.74 Å². The van der Waals surface area contributed by atoms with Gasteiger partial charge in [0.15, 0.2) is 0 Å². The molecular formula is C18H23NO. The molecule has 0 aliphatic rings. The van der Waals surface area contributed by atoms with Crippen molar-refractivity contribution in [2.24, 2.45) is 0 Å². The van der Waals surface area contributed by atoms with Gasteiger partial charge in [0.2, 0.25) is 0 Å². The second kappa shape index (κ2) is 7.11. The summed E-state index contributed by atoms with van der Waals surface area (Å²) >= 11 is 0. The molecule has 0 saturated carbocycles. The zero-order chi connectivity index (χ0) is 14.4. The predicted molar refractivity (Wildman–Crippen MR) is 84.0 cm³/mol. The maximum Gasteiger partial charge on any atom is 0.120 e. The van der Waals surface area contributed by atoms with Crippen LogP contribution >= 0.6 is 0 Å². The first-order valence-electron chi connectivity index (χ1n) is 7.21. The highest BCUT2D eigenvalue weighted by molar-refractivity contribution is 5.31. The molecule has 0 saturated heterocycles. The molecule has 1 unspecified atom stereocenters. The highest BCUT2D eigenvalue weighted by Crippen LogP contribution is 2.20. The molecule has 2 heteroatoms. The van der Waals surface area contributed by atoms with Crippen LogP contribution in [0.25, 0.3) is 0 Å². The van der Waals surface area contributed by atoms with Gasteiger partial charge in [-0.25, -0.2) is 0 Å². The van der Waals surface area contributed by atoms with Crippen LogP contribution < -0.4 is 10.1 Å². The van der Waals surface area contributed by atoms with Gasteiger partial charge >= 0.3 is 0 Å². The SMILES string of the molecule is CCNC(C)c1cccc(OCc2ccccc2C)c1. The Labute approximate surface area is 121 Å². The van der Waals surface area contributed by atoms with Crippen LogP contribution in [-0.2, 0) is 6.61 Å². The molecule has 2 aromatic carbocycles. The van der Waals surface area contributed by atoms with E-state index in [2.05, 4.69) is 68.6 Å². The zero-order valence-electron chi connectivity index (χ0n) is 12.5. The van der Waals surface area contributed by atoms with Crippen LogP contribution in [-0.4, -0.2) is 6.54 Å². The highest BCUT2D eigenvalue weighted by atomic mass is 16.5. The molecule has 0 aliphatic carbocycles. The van der Waals surface area contributed by atoms with E-state index in [1.165, 1.54) is 16.7 Å². The summed E-state index contributed by atoms with van der Waals surface area (Å²) in [6, 6.07) is 17.0. The third kappa shape index (κ3) is 3.84. The summed E-state index contributed by atoms with van der Waals surface area (Å²) in [6.07, 6.45) is 0. The second-order valence-corrected chi connectivity index (χ2v) is 5.07. The van der Waals surface area contributed by atoms with E-state index >= 15 is 0 Å². The van der Waals surface area contributed by atoms with Crippen LogP contribution in [0, 0.1) is 6.92 Å². The summed E-state index contributed by atoms with van der Waals surface area (Å²) in [7, 11) is 0. The maximum absolute atomic E-state index is 5.91. The van der Waals surface area contributed by atoms with Gasteiger partial charge in [0, 0.05) is 6.04 Å². The number of nitrogens with one attached hydrogen (secondary N) is 1. The normalized spacial score (nSPS) is 12.2. The summed E-state index contributed by atoms with van der Waals surface area (Å²) in [5, 5.41) is 3.42. The molecule has 0 aliphatic heterocycles. The molecule has 2 aromatic rings. The van der Waals surface area contributed by atoms with E-state index in [1.807, 2.05) is 6.07 Å². The van der Waals surface area contributed by atoms with Crippen molar-refractivity contribution in [2.75, 3.05) is 6.54 Å². The van der Waals surface area contributed by atoms with Crippen LogP contribution in [0.4, 0.5) is 0 Å². The van der Waals surface area contributed by atoms with Crippen molar-refractivity contribution in [2.45, 2.75) is 33.4 Å². The lowest BCUT2D eigenvalue weighted by Crippen LogP contribution is -2.17. The molecule has 0 radical (unpaired) electrons. The average molecular weight is 269 g/mol. The van der Waals surface area contributed by atoms with Gasteiger partial charge < -0.3 is 10.1 Å². The molecule has 0 bridgehead atoms. The number of ether oxygens (including phenoxy) is 1. The van der Waals surface area contributed by atoms with E-state index in [1.54, 1.807) is 0 Å². The Morgan fingerprint density at radius 2 is 1.90 bits per heavy atom. The van der Waals surface area contributed by atoms with Crippen molar-refractivity contribution in [1.82, 2.24) is 5.32 Å². The molecular weight excluding hydrogens is 246 g/mol. The fourth-order valence-corrected chi connectivity index (χ4v) is 2.23.